The number of nitrogens with zero attached hydrogens (tertiary/aromatic N) is 3. The second-order valence-corrected chi connectivity index (χ2v) is 13.2. The van der Waals surface area contributed by atoms with E-state index in [1.165, 1.54) is 19.1 Å². The Bertz CT molecular complexity index is 1560. The number of aliphatic imine (C=N–C) groups is 1. The van der Waals surface area contributed by atoms with Gasteiger partial charge in [-0.15, -0.1) is 0 Å². The number of alkyl halides is 1. The molecule has 0 amide bonds. The summed E-state index contributed by atoms with van der Waals surface area (Å²) in [5, 5.41) is 0. The molecule has 2 saturated heterocycles. The van der Waals surface area contributed by atoms with E-state index in [-0.39, 0.29) is 12.2 Å². The summed E-state index contributed by atoms with van der Waals surface area (Å²) in [5.41, 5.74) is -4.20. The smallest absolute Gasteiger partial charge is 0.421 e. The van der Waals surface area contributed by atoms with Crippen molar-refractivity contribution in [2.24, 2.45) is 4.99 Å². The highest BCUT2D eigenvalue weighted by Gasteiger charge is 2.58. The number of aromatic nitrogens is 2. The van der Waals surface area contributed by atoms with Crippen LogP contribution >= 0.6 is 7.60 Å². The SMILES string of the molecule is CC(C)OC(=O)[C@H](C)N=CP(=O)(OC[C@H]1O[C@@H](n2ccc(=O)[nH]c2=O)[C@](C)(F)[C@@H]1OC(=O)CCN1CCOCC1)Oc1ccccc1. The molecule has 6 atom stereocenters. The van der Waals surface area contributed by atoms with Gasteiger partial charge in [-0.2, -0.15) is 0 Å². The number of benzene rings is 1. The van der Waals surface area contributed by atoms with Gasteiger partial charge >= 0.3 is 25.2 Å². The lowest BCUT2D eigenvalue weighted by atomic mass is 9.98. The largest absolute Gasteiger partial charge is 0.461 e. The van der Waals surface area contributed by atoms with E-state index in [0.29, 0.717) is 32.8 Å². The summed E-state index contributed by atoms with van der Waals surface area (Å²) in [6, 6.07) is 7.95. The molecule has 0 bridgehead atoms. The van der Waals surface area contributed by atoms with Gasteiger partial charge in [-0.3, -0.25) is 33.6 Å². The molecule has 0 spiro atoms. The van der Waals surface area contributed by atoms with Crippen LogP contribution < -0.4 is 15.8 Å². The van der Waals surface area contributed by atoms with E-state index in [1.54, 1.807) is 32.0 Å². The molecule has 1 unspecified atom stereocenters. The number of hydrogen-bond donors (Lipinski definition) is 1. The second kappa shape index (κ2) is 15.9. The average Bonchev–Trinajstić information content (AvgIpc) is 3.27. The number of aromatic amines is 1. The van der Waals surface area contributed by atoms with Crippen LogP contribution in [-0.2, 0) is 37.6 Å². The Kier molecular flexibility index (Phi) is 12.3. The highest BCUT2D eigenvalue weighted by atomic mass is 31.2. The first-order valence-corrected chi connectivity index (χ1v) is 16.8. The fraction of sp³-hybridized carbons (Fsp3) is 0.567. The van der Waals surface area contributed by atoms with Crippen molar-refractivity contribution in [3.8, 4) is 5.75 Å². The third-order valence-electron chi connectivity index (χ3n) is 7.30. The van der Waals surface area contributed by atoms with Gasteiger partial charge in [0.2, 0.25) is 0 Å². The van der Waals surface area contributed by atoms with Crippen molar-refractivity contribution in [3.05, 3.63) is 63.4 Å². The Morgan fingerprint density at radius 2 is 1.87 bits per heavy atom. The predicted octanol–water partition coefficient (Wildman–Crippen LogP) is 2.45. The summed E-state index contributed by atoms with van der Waals surface area (Å²) >= 11 is 0. The monoisotopic (exact) mass is 682 g/mol. The number of nitrogens with one attached hydrogen (secondary N) is 1. The molecule has 3 heterocycles. The summed E-state index contributed by atoms with van der Waals surface area (Å²) in [5.74, 6) is -0.418. The van der Waals surface area contributed by atoms with Crippen LogP contribution in [0.1, 0.15) is 40.3 Å². The molecule has 2 aliphatic rings. The van der Waals surface area contributed by atoms with E-state index >= 15 is 4.39 Å². The highest BCUT2D eigenvalue weighted by molar-refractivity contribution is 7.70. The van der Waals surface area contributed by atoms with Crippen LogP contribution in [0.3, 0.4) is 0 Å². The molecule has 0 aliphatic carbocycles. The van der Waals surface area contributed by atoms with Crippen molar-refractivity contribution in [2.45, 2.75) is 70.4 Å². The van der Waals surface area contributed by atoms with Gasteiger partial charge in [0, 0.05) is 31.9 Å². The van der Waals surface area contributed by atoms with Crippen LogP contribution in [0.15, 0.2) is 57.2 Å². The number of rotatable bonds is 14. The Labute approximate surface area is 270 Å². The number of carbonyl (C=O) groups excluding carboxylic acids is 2. The number of carbonyl (C=O) groups is 2. The molecule has 1 aromatic heterocycles. The van der Waals surface area contributed by atoms with Gasteiger partial charge in [0.1, 0.15) is 23.9 Å². The third-order valence-corrected chi connectivity index (χ3v) is 8.69. The third kappa shape index (κ3) is 9.91. The van der Waals surface area contributed by atoms with Crippen molar-refractivity contribution in [3.63, 3.8) is 0 Å². The number of H-pyrrole nitrogens is 1. The summed E-state index contributed by atoms with van der Waals surface area (Å²) < 4.78 is 64.7. The van der Waals surface area contributed by atoms with Gasteiger partial charge < -0.3 is 23.5 Å². The molecule has 2 aromatic rings. The molecule has 17 heteroatoms. The summed E-state index contributed by atoms with van der Waals surface area (Å²) in [7, 11) is -4.34. The van der Waals surface area contributed by atoms with Crippen molar-refractivity contribution >= 4 is 25.5 Å². The van der Waals surface area contributed by atoms with Gasteiger partial charge in [0.05, 0.1) is 32.3 Å². The normalized spacial score (nSPS) is 25.4. The summed E-state index contributed by atoms with van der Waals surface area (Å²) in [6.45, 7) is 7.83. The summed E-state index contributed by atoms with van der Waals surface area (Å²) in [6.07, 6.45) is -4.16. The summed E-state index contributed by atoms with van der Waals surface area (Å²) in [4.78, 5) is 57.6. The molecular weight excluding hydrogens is 642 g/mol. The zero-order chi connectivity index (χ0) is 34.2. The quantitative estimate of drug-likeness (QED) is 0.175. The van der Waals surface area contributed by atoms with Crippen molar-refractivity contribution in [1.82, 2.24) is 14.5 Å². The first kappa shape index (κ1) is 36.2. The first-order chi connectivity index (χ1) is 22.3. The van der Waals surface area contributed by atoms with Crippen LogP contribution in [0, 0.1) is 0 Å². The molecule has 258 valence electrons. The molecule has 0 radical (unpaired) electrons. The van der Waals surface area contributed by atoms with E-state index in [0.717, 1.165) is 29.7 Å². The first-order valence-electron chi connectivity index (χ1n) is 15.2. The molecule has 15 nitrogen and oxygen atoms in total. The van der Waals surface area contributed by atoms with Gasteiger partial charge in [-0.25, -0.2) is 18.5 Å². The number of hydrogen-bond acceptors (Lipinski definition) is 13. The average molecular weight is 683 g/mol. The van der Waals surface area contributed by atoms with Gasteiger partial charge in [-0.1, -0.05) is 18.2 Å². The van der Waals surface area contributed by atoms with E-state index in [1.807, 2.05) is 9.88 Å². The van der Waals surface area contributed by atoms with Crippen molar-refractivity contribution in [1.29, 1.82) is 0 Å². The second-order valence-electron chi connectivity index (χ2n) is 11.5. The van der Waals surface area contributed by atoms with Crippen molar-refractivity contribution < 1.29 is 46.5 Å². The van der Waals surface area contributed by atoms with Crippen LogP contribution in [0.4, 0.5) is 4.39 Å². The van der Waals surface area contributed by atoms with Gasteiger partial charge in [0.15, 0.2) is 18.0 Å². The van der Waals surface area contributed by atoms with Gasteiger partial charge in [0.25, 0.3) is 5.56 Å². The molecule has 2 fully saturated rings. The number of para-hydroxylation sites is 1. The maximum Gasteiger partial charge on any atom is 0.421 e. The topological polar surface area (TPSA) is 177 Å². The molecule has 1 aromatic carbocycles. The zero-order valence-corrected chi connectivity index (χ0v) is 27.5. The predicted molar refractivity (Wildman–Crippen MR) is 166 cm³/mol. The van der Waals surface area contributed by atoms with E-state index < -0.39 is 73.6 Å². The maximum absolute atomic E-state index is 16.6. The number of esters is 2. The standard InChI is InChI=1S/C30H40FN4O11P/c1-20(2)43-27(38)21(3)32-19-47(40,46-22-8-6-5-7-9-22)42-18-23-26(45-25(37)11-12-34-14-16-41-17-15-34)30(4,31)28(44-23)35-13-10-24(36)33-29(35)39/h5-10,13,19-21,23,26,28H,11-12,14-18H2,1-4H3,(H,33,36,39)/t21-,23+,26+,28+,30+,47?/m0/s1. The van der Waals surface area contributed by atoms with Crippen molar-refractivity contribution in [2.75, 3.05) is 39.5 Å². The fourth-order valence-electron chi connectivity index (χ4n) is 4.88. The molecule has 2 aliphatic heterocycles. The number of morpholine rings is 1. The number of ether oxygens (including phenoxy) is 4. The Balaban J connectivity index is 1.58. The zero-order valence-electron chi connectivity index (χ0n) is 26.6. The lowest BCUT2D eigenvalue weighted by Crippen LogP contribution is -2.46. The highest BCUT2D eigenvalue weighted by Crippen LogP contribution is 2.49. The minimum atomic E-state index is -4.34. The maximum atomic E-state index is 16.6. The van der Waals surface area contributed by atoms with Crippen LogP contribution in [0.2, 0.25) is 0 Å². The van der Waals surface area contributed by atoms with E-state index in [2.05, 4.69) is 4.99 Å². The molecule has 4 rings (SSSR count). The van der Waals surface area contributed by atoms with E-state index in [4.69, 9.17) is 28.0 Å². The van der Waals surface area contributed by atoms with E-state index in [9.17, 15) is 23.7 Å². The minimum Gasteiger partial charge on any atom is -0.461 e. The Hall–Kier alpha value is -3.69. The van der Waals surface area contributed by atoms with Crippen LogP contribution in [-0.4, -0.2) is 102 Å². The lowest BCUT2D eigenvalue weighted by Gasteiger charge is -2.29. The van der Waals surface area contributed by atoms with Gasteiger partial charge in [-0.05, 0) is 39.8 Å². The molecule has 0 saturated carbocycles. The molecule has 1 N–H and O–H groups in total. The Morgan fingerprint density at radius 3 is 2.53 bits per heavy atom. The Morgan fingerprint density at radius 1 is 1.17 bits per heavy atom. The fourth-order valence-corrected chi connectivity index (χ4v) is 6.18. The molecule has 47 heavy (non-hydrogen) atoms. The molecular formula is C30H40FN4O11P. The van der Waals surface area contributed by atoms with Crippen LogP contribution in [0.25, 0.3) is 0 Å². The minimum absolute atomic E-state index is 0.0734. The lowest BCUT2D eigenvalue weighted by molar-refractivity contribution is -0.158. The number of halogens is 1. The van der Waals surface area contributed by atoms with Crippen LogP contribution in [0.5, 0.6) is 5.75 Å².